The Hall–Kier alpha value is -0.480. The lowest BCUT2D eigenvalue weighted by atomic mass is 10.2. The Morgan fingerprint density at radius 1 is 1.47 bits per heavy atom. The van der Waals surface area contributed by atoms with E-state index in [0.717, 1.165) is 18.1 Å². The van der Waals surface area contributed by atoms with Crippen LogP contribution in [0.25, 0.3) is 0 Å². The summed E-state index contributed by atoms with van der Waals surface area (Å²) in [7, 11) is 0. The van der Waals surface area contributed by atoms with Gasteiger partial charge in [0.15, 0.2) is 0 Å². The van der Waals surface area contributed by atoms with Gasteiger partial charge in [0.05, 0.1) is 11.7 Å². The fraction of sp³-hybridized carbons (Fsp3) is 0.727. The van der Waals surface area contributed by atoms with Gasteiger partial charge in [-0.2, -0.15) is 11.8 Å². The summed E-state index contributed by atoms with van der Waals surface area (Å²) in [4.78, 5) is 8.08. The minimum Gasteiger partial charge on any atom is -0.346 e. The number of aromatic amines is 1. The van der Waals surface area contributed by atoms with Gasteiger partial charge in [0.1, 0.15) is 5.82 Å². The molecule has 15 heavy (non-hydrogen) atoms. The quantitative estimate of drug-likeness (QED) is 0.811. The second-order valence-electron chi connectivity index (χ2n) is 4.37. The van der Waals surface area contributed by atoms with Gasteiger partial charge in [0.2, 0.25) is 0 Å². The minimum atomic E-state index is 0.437. The van der Waals surface area contributed by atoms with Gasteiger partial charge in [-0.25, -0.2) is 4.98 Å². The van der Waals surface area contributed by atoms with Crippen LogP contribution in [0.15, 0.2) is 0 Å². The standard InChI is InChI=1S/C11H19N3S/c1-7(2)11-13-8(3)10(14-11)9-6-15-5-4-12-9/h7,9,12H,4-6H2,1-3H3,(H,13,14). The molecule has 2 heterocycles. The summed E-state index contributed by atoms with van der Waals surface area (Å²) < 4.78 is 0. The van der Waals surface area contributed by atoms with E-state index in [-0.39, 0.29) is 0 Å². The lowest BCUT2D eigenvalue weighted by molar-refractivity contribution is 0.578. The summed E-state index contributed by atoms with van der Waals surface area (Å²) in [6.07, 6.45) is 0. The van der Waals surface area contributed by atoms with Gasteiger partial charge < -0.3 is 10.3 Å². The molecular formula is C11H19N3S. The molecule has 1 aromatic rings. The van der Waals surface area contributed by atoms with Gasteiger partial charge in [-0.3, -0.25) is 0 Å². The molecule has 1 fully saturated rings. The number of hydrogen-bond donors (Lipinski definition) is 2. The van der Waals surface area contributed by atoms with Gasteiger partial charge in [-0.1, -0.05) is 13.8 Å². The number of H-pyrrole nitrogens is 1. The molecule has 0 saturated carbocycles. The van der Waals surface area contributed by atoms with Crippen LogP contribution in [0, 0.1) is 6.92 Å². The molecule has 1 unspecified atom stereocenters. The molecule has 1 saturated heterocycles. The van der Waals surface area contributed by atoms with E-state index >= 15 is 0 Å². The van der Waals surface area contributed by atoms with Crippen LogP contribution in [0.4, 0.5) is 0 Å². The third kappa shape index (κ3) is 2.37. The first kappa shape index (κ1) is 11.0. The lowest BCUT2D eigenvalue weighted by Crippen LogP contribution is -2.30. The molecule has 1 aromatic heterocycles. The van der Waals surface area contributed by atoms with E-state index in [0.29, 0.717) is 12.0 Å². The summed E-state index contributed by atoms with van der Waals surface area (Å²) in [6.45, 7) is 7.56. The predicted molar refractivity (Wildman–Crippen MR) is 65.5 cm³/mol. The largest absolute Gasteiger partial charge is 0.346 e. The number of hydrogen-bond acceptors (Lipinski definition) is 3. The van der Waals surface area contributed by atoms with Crippen molar-refractivity contribution in [2.75, 3.05) is 18.1 Å². The van der Waals surface area contributed by atoms with E-state index in [1.54, 1.807) is 0 Å². The Morgan fingerprint density at radius 2 is 2.27 bits per heavy atom. The van der Waals surface area contributed by atoms with Crippen molar-refractivity contribution < 1.29 is 0 Å². The van der Waals surface area contributed by atoms with E-state index in [2.05, 4.69) is 31.1 Å². The molecular weight excluding hydrogens is 206 g/mol. The Balaban J connectivity index is 2.19. The van der Waals surface area contributed by atoms with Crippen molar-refractivity contribution in [2.24, 2.45) is 0 Å². The summed E-state index contributed by atoms with van der Waals surface area (Å²) in [6, 6.07) is 0.437. The number of aromatic nitrogens is 2. The van der Waals surface area contributed by atoms with Gasteiger partial charge in [0, 0.05) is 29.7 Å². The van der Waals surface area contributed by atoms with Crippen LogP contribution in [0.3, 0.4) is 0 Å². The zero-order chi connectivity index (χ0) is 10.8. The zero-order valence-electron chi connectivity index (χ0n) is 9.63. The molecule has 0 aromatic carbocycles. The highest BCUT2D eigenvalue weighted by atomic mass is 32.2. The fourth-order valence-corrected chi connectivity index (χ4v) is 2.79. The van der Waals surface area contributed by atoms with E-state index in [1.807, 2.05) is 11.8 Å². The van der Waals surface area contributed by atoms with Crippen molar-refractivity contribution in [2.45, 2.75) is 32.7 Å². The van der Waals surface area contributed by atoms with Crippen molar-refractivity contribution in [3.05, 3.63) is 17.2 Å². The van der Waals surface area contributed by atoms with Crippen molar-refractivity contribution >= 4 is 11.8 Å². The maximum Gasteiger partial charge on any atom is 0.109 e. The molecule has 4 heteroatoms. The van der Waals surface area contributed by atoms with Crippen molar-refractivity contribution in [3.8, 4) is 0 Å². The average Bonchev–Trinajstić information content (AvgIpc) is 2.62. The molecule has 0 bridgehead atoms. The molecule has 2 rings (SSSR count). The molecule has 3 nitrogen and oxygen atoms in total. The SMILES string of the molecule is Cc1[nH]c(C(C)C)nc1C1CSCCN1. The maximum absolute atomic E-state index is 4.70. The number of nitrogens with zero attached hydrogens (tertiary/aromatic N) is 1. The molecule has 0 radical (unpaired) electrons. The minimum absolute atomic E-state index is 0.437. The normalized spacial score (nSPS) is 22.3. The maximum atomic E-state index is 4.70. The van der Waals surface area contributed by atoms with Crippen LogP contribution in [0.1, 0.15) is 43.0 Å². The Bertz CT molecular complexity index is 327. The van der Waals surface area contributed by atoms with Crippen LogP contribution in [0.5, 0.6) is 0 Å². The highest BCUT2D eigenvalue weighted by molar-refractivity contribution is 7.99. The number of nitrogens with one attached hydrogen (secondary N) is 2. The van der Waals surface area contributed by atoms with Gasteiger partial charge in [-0.05, 0) is 6.92 Å². The van der Waals surface area contributed by atoms with Gasteiger partial charge >= 0.3 is 0 Å². The molecule has 0 amide bonds. The first-order chi connectivity index (χ1) is 7.18. The second kappa shape index (κ2) is 4.58. The Kier molecular flexibility index (Phi) is 3.36. The van der Waals surface area contributed by atoms with E-state index in [1.165, 1.54) is 17.1 Å². The first-order valence-electron chi connectivity index (χ1n) is 5.56. The summed E-state index contributed by atoms with van der Waals surface area (Å²) in [5.41, 5.74) is 2.43. The van der Waals surface area contributed by atoms with Crippen LogP contribution >= 0.6 is 11.8 Å². The van der Waals surface area contributed by atoms with Crippen LogP contribution in [-0.2, 0) is 0 Å². The number of rotatable bonds is 2. The molecule has 0 aliphatic carbocycles. The molecule has 1 atom stereocenters. The van der Waals surface area contributed by atoms with Gasteiger partial charge in [0.25, 0.3) is 0 Å². The predicted octanol–water partition coefficient (Wildman–Crippen LogP) is 2.22. The lowest BCUT2D eigenvalue weighted by Gasteiger charge is -2.22. The zero-order valence-corrected chi connectivity index (χ0v) is 10.4. The monoisotopic (exact) mass is 225 g/mol. The summed E-state index contributed by atoms with van der Waals surface area (Å²) in [5, 5.41) is 3.53. The molecule has 84 valence electrons. The van der Waals surface area contributed by atoms with Crippen molar-refractivity contribution in [3.63, 3.8) is 0 Å². The fourth-order valence-electron chi connectivity index (χ4n) is 1.85. The first-order valence-corrected chi connectivity index (χ1v) is 6.71. The number of thioether (sulfide) groups is 1. The molecule has 2 N–H and O–H groups in total. The topological polar surface area (TPSA) is 40.7 Å². The number of aryl methyl sites for hydroxylation is 1. The van der Waals surface area contributed by atoms with Crippen LogP contribution in [-0.4, -0.2) is 28.0 Å². The highest BCUT2D eigenvalue weighted by Crippen LogP contribution is 2.24. The van der Waals surface area contributed by atoms with E-state index < -0.39 is 0 Å². The number of imidazole rings is 1. The Labute approximate surface area is 95.4 Å². The second-order valence-corrected chi connectivity index (χ2v) is 5.52. The molecule has 1 aliphatic heterocycles. The molecule has 1 aliphatic rings. The third-order valence-electron chi connectivity index (χ3n) is 2.74. The average molecular weight is 225 g/mol. The third-order valence-corrected chi connectivity index (χ3v) is 3.80. The van der Waals surface area contributed by atoms with Crippen LogP contribution in [0.2, 0.25) is 0 Å². The van der Waals surface area contributed by atoms with E-state index in [4.69, 9.17) is 4.98 Å². The Morgan fingerprint density at radius 3 is 2.80 bits per heavy atom. The van der Waals surface area contributed by atoms with E-state index in [9.17, 15) is 0 Å². The van der Waals surface area contributed by atoms with Gasteiger partial charge in [-0.15, -0.1) is 0 Å². The smallest absolute Gasteiger partial charge is 0.109 e. The van der Waals surface area contributed by atoms with Crippen molar-refractivity contribution in [1.82, 2.24) is 15.3 Å². The van der Waals surface area contributed by atoms with Crippen molar-refractivity contribution in [1.29, 1.82) is 0 Å². The highest BCUT2D eigenvalue weighted by Gasteiger charge is 2.20. The summed E-state index contributed by atoms with van der Waals surface area (Å²) >= 11 is 2.01. The summed E-state index contributed by atoms with van der Waals surface area (Å²) in [5.74, 6) is 3.95. The van der Waals surface area contributed by atoms with Crippen LogP contribution < -0.4 is 5.32 Å². The molecule has 0 spiro atoms.